The Kier molecular flexibility index (Phi) is 6.40. The van der Waals surface area contributed by atoms with Gasteiger partial charge in [0.1, 0.15) is 18.2 Å². The molecular formula is C19H19Cl2FN2O2S. The number of amides is 1. The van der Waals surface area contributed by atoms with Crippen LogP contribution in [0.1, 0.15) is 22.3 Å². The number of carbonyl (C=O) groups excluding carboxylic acids is 1. The van der Waals surface area contributed by atoms with Gasteiger partial charge < -0.3 is 9.64 Å². The van der Waals surface area contributed by atoms with Crippen molar-refractivity contribution >= 4 is 46.7 Å². The van der Waals surface area contributed by atoms with Crippen molar-refractivity contribution in [1.29, 1.82) is 0 Å². The van der Waals surface area contributed by atoms with E-state index in [1.807, 2.05) is 25.1 Å². The Bertz CT molecular complexity index is 866. The van der Waals surface area contributed by atoms with E-state index in [-0.39, 0.29) is 22.4 Å². The number of hydrogen-bond donors (Lipinski definition) is 1. The second-order valence-corrected chi connectivity index (χ2v) is 7.70. The van der Waals surface area contributed by atoms with Crippen LogP contribution < -0.4 is 14.4 Å². The van der Waals surface area contributed by atoms with Crippen LogP contribution in [0.3, 0.4) is 0 Å². The first-order valence-electron chi connectivity index (χ1n) is 8.38. The molecule has 0 saturated carbocycles. The minimum absolute atomic E-state index is 0.110. The summed E-state index contributed by atoms with van der Waals surface area (Å²) in [6, 6.07) is 8.55. The summed E-state index contributed by atoms with van der Waals surface area (Å²) in [7, 11) is 0. The molecule has 1 saturated heterocycles. The highest BCUT2D eigenvalue weighted by atomic mass is 35.5. The summed E-state index contributed by atoms with van der Waals surface area (Å²) >= 11 is 13.5. The van der Waals surface area contributed by atoms with Gasteiger partial charge in [-0.15, -0.1) is 0 Å². The summed E-state index contributed by atoms with van der Waals surface area (Å²) < 4.78 is 22.4. The van der Waals surface area contributed by atoms with Crippen molar-refractivity contribution in [3.8, 4) is 5.75 Å². The summed E-state index contributed by atoms with van der Waals surface area (Å²) in [6.45, 7) is 3.23. The molecule has 144 valence electrons. The third kappa shape index (κ3) is 4.45. The number of nitrogens with one attached hydrogen (secondary N) is 1. The Morgan fingerprint density at radius 2 is 2.11 bits per heavy atom. The van der Waals surface area contributed by atoms with E-state index < -0.39 is 11.7 Å². The molecule has 0 radical (unpaired) electrons. The molecule has 1 atom stereocenters. The van der Waals surface area contributed by atoms with Gasteiger partial charge in [0.05, 0.1) is 16.6 Å². The van der Waals surface area contributed by atoms with Crippen molar-refractivity contribution in [3.05, 3.63) is 57.3 Å². The molecule has 0 bridgehead atoms. The van der Waals surface area contributed by atoms with E-state index in [1.54, 1.807) is 6.26 Å². The van der Waals surface area contributed by atoms with Gasteiger partial charge in [0.25, 0.3) is 5.91 Å². The molecule has 0 aliphatic carbocycles. The molecule has 1 amide bonds. The molecule has 1 aliphatic heterocycles. The van der Waals surface area contributed by atoms with Crippen LogP contribution in [0.4, 0.5) is 10.1 Å². The lowest BCUT2D eigenvalue weighted by molar-refractivity contribution is 0.0980. The van der Waals surface area contributed by atoms with Gasteiger partial charge in [-0.25, -0.2) is 4.39 Å². The fraction of sp³-hybridized carbons (Fsp3) is 0.316. The predicted molar refractivity (Wildman–Crippen MR) is 110 cm³/mol. The average Bonchev–Trinajstić information content (AvgIpc) is 2.60. The quantitative estimate of drug-likeness (QED) is 0.649. The second-order valence-electron chi connectivity index (χ2n) is 6.28. The smallest absolute Gasteiger partial charge is 0.264 e. The number of ether oxygens (including phenoxy) is 1. The molecule has 2 aromatic rings. The fourth-order valence-corrected chi connectivity index (χ4v) is 3.55. The number of carbonyl (C=O) groups is 1. The lowest BCUT2D eigenvalue weighted by Crippen LogP contribution is -2.51. The Balaban J connectivity index is 1.67. The maximum atomic E-state index is 14.2. The zero-order chi connectivity index (χ0) is 19.6. The van der Waals surface area contributed by atoms with Gasteiger partial charge in [0.15, 0.2) is 0 Å². The van der Waals surface area contributed by atoms with Gasteiger partial charge in [-0.1, -0.05) is 41.2 Å². The van der Waals surface area contributed by atoms with Crippen molar-refractivity contribution in [2.75, 3.05) is 24.3 Å². The van der Waals surface area contributed by atoms with Crippen LogP contribution in [-0.2, 0) is 0 Å². The maximum absolute atomic E-state index is 14.2. The highest BCUT2D eigenvalue weighted by Gasteiger charge is 2.29. The first-order valence-corrected chi connectivity index (χ1v) is 10.4. The Morgan fingerprint density at radius 1 is 1.33 bits per heavy atom. The monoisotopic (exact) mass is 428 g/mol. The van der Waals surface area contributed by atoms with E-state index in [9.17, 15) is 9.18 Å². The molecule has 4 nitrogen and oxygen atoms in total. The summed E-state index contributed by atoms with van der Waals surface area (Å²) in [4.78, 5) is 14.0. The molecule has 1 heterocycles. The SMILES string of the molecule is CSNC(=O)c1cc(Cl)c(OCC2CCN2c2ccc(C)c(Cl)c2)cc1F. The summed E-state index contributed by atoms with van der Waals surface area (Å²) in [5, 5.41) is 0.926. The highest BCUT2D eigenvalue weighted by molar-refractivity contribution is 7.97. The molecule has 0 spiro atoms. The van der Waals surface area contributed by atoms with Gasteiger partial charge in [0, 0.05) is 29.6 Å². The van der Waals surface area contributed by atoms with E-state index in [2.05, 4.69) is 9.62 Å². The van der Waals surface area contributed by atoms with Crippen LogP contribution in [0.15, 0.2) is 30.3 Å². The lowest BCUT2D eigenvalue weighted by atomic mass is 10.0. The van der Waals surface area contributed by atoms with Crippen LogP contribution in [0.25, 0.3) is 0 Å². The molecule has 1 fully saturated rings. The fourth-order valence-electron chi connectivity index (χ4n) is 2.86. The first-order chi connectivity index (χ1) is 12.9. The third-order valence-corrected chi connectivity index (χ3v) is 5.62. The molecule has 8 heteroatoms. The van der Waals surface area contributed by atoms with Crippen molar-refractivity contribution < 1.29 is 13.9 Å². The van der Waals surface area contributed by atoms with Crippen LogP contribution in [0.2, 0.25) is 10.0 Å². The number of nitrogens with zero attached hydrogens (tertiary/aromatic N) is 1. The number of rotatable bonds is 6. The van der Waals surface area contributed by atoms with E-state index in [4.69, 9.17) is 27.9 Å². The second kappa shape index (κ2) is 8.59. The number of halogens is 3. The molecule has 1 unspecified atom stereocenters. The van der Waals surface area contributed by atoms with E-state index in [0.29, 0.717) is 6.61 Å². The van der Waals surface area contributed by atoms with Gasteiger partial charge in [-0.05, 0) is 37.1 Å². The molecule has 3 rings (SSSR count). The van der Waals surface area contributed by atoms with Crippen LogP contribution in [-0.4, -0.2) is 31.4 Å². The molecular weight excluding hydrogens is 410 g/mol. The predicted octanol–water partition coefficient (Wildman–Crippen LogP) is 5.11. The number of benzene rings is 2. The van der Waals surface area contributed by atoms with Crippen molar-refractivity contribution in [1.82, 2.24) is 4.72 Å². The largest absolute Gasteiger partial charge is 0.490 e. The van der Waals surface area contributed by atoms with Crippen molar-refractivity contribution in [2.45, 2.75) is 19.4 Å². The van der Waals surface area contributed by atoms with Crippen molar-refractivity contribution in [2.24, 2.45) is 0 Å². The van der Waals surface area contributed by atoms with Gasteiger partial charge in [0.2, 0.25) is 0 Å². The van der Waals surface area contributed by atoms with Crippen molar-refractivity contribution in [3.63, 3.8) is 0 Å². The topological polar surface area (TPSA) is 41.6 Å². The summed E-state index contributed by atoms with van der Waals surface area (Å²) in [5.74, 6) is -0.977. The number of anilines is 1. The molecule has 27 heavy (non-hydrogen) atoms. The van der Waals surface area contributed by atoms with E-state index in [1.165, 1.54) is 6.07 Å². The Morgan fingerprint density at radius 3 is 2.74 bits per heavy atom. The van der Waals surface area contributed by atoms with Crippen LogP contribution in [0.5, 0.6) is 5.75 Å². The highest BCUT2D eigenvalue weighted by Crippen LogP contribution is 2.32. The standard InChI is InChI=1S/C19H19Cl2FN2O2S/c1-11-3-4-12(7-15(11)20)24-6-5-13(24)10-26-18-9-17(22)14(8-16(18)21)19(25)23-27-2/h3-4,7-9,13H,5-6,10H2,1-2H3,(H,23,25). The minimum atomic E-state index is -0.670. The lowest BCUT2D eigenvalue weighted by Gasteiger charge is -2.42. The average molecular weight is 429 g/mol. The van der Waals surface area contributed by atoms with Crippen LogP contribution in [0, 0.1) is 12.7 Å². The molecule has 1 N–H and O–H groups in total. The van der Waals surface area contributed by atoms with Gasteiger partial charge in [-0.2, -0.15) is 0 Å². The van der Waals surface area contributed by atoms with E-state index in [0.717, 1.165) is 47.3 Å². The normalized spacial score (nSPS) is 16.0. The summed E-state index contributed by atoms with van der Waals surface area (Å²) in [5.41, 5.74) is 1.95. The zero-order valence-electron chi connectivity index (χ0n) is 14.9. The first kappa shape index (κ1) is 20.1. The Labute approximate surface area is 172 Å². The zero-order valence-corrected chi connectivity index (χ0v) is 17.2. The number of hydrogen-bond acceptors (Lipinski definition) is 4. The van der Waals surface area contributed by atoms with Gasteiger partial charge in [-0.3, -0.25) is 9.52 Å². The molecule has 0 aromatic heterocycles. The van der Waals surface area contributed by atoms with Gasteiger partial charge >= 0.3 is 0 Å². The number of aryl methyl sites for hydroxylation is 1. The third-order valence-electron chi connectivity index (χ3n) is 4.52. The maximum Gasteiger partial charge on any atom is 0.264 e. The Hall–Kier alpha value is -1.63. The summed E-state index contributed by atoms with van der Waals surface area (Å²) in [6.07, 6.45) is 2.64. The van der Waals surface area contributed by atoms with E-state index >= 15 is 0 Å². The molecule has 2 aromatic carbocycles. The minimum Gasteiger partial charge on any atom is -0.490 e. The van der Waals surface area contributed by atoms with Crippen LogP contribution >= 0.6 is 35.1 Å². The molecule has 1 aliphatic rings.